The number of nitrogens with zero attached hydrogens (tertiary/aromatic N) is 1. The molecular formula is C20H28N2O3. The van der Waals surface area contributed by atoms with Crippen molar-refractivity contribution in [2.45, 2.75) is 57.9 Å². The number of hydrogen-bond donors (Lipinski definition) is 2. The number of phenolic OH excluding ortho intramolecular Hbond substituents is 1. The number of aromatic hydroxyl groups is 1. The molecule has 0 unspecified atom stereocenters. The molecule has 0 radical (unpaired) electrons. The van der Waals surface area contributed by atoms with E-state index in [-0.39, 0.29) is 29.5 Å². The molecule has 0 spiro atoms. The van der Waals surface area contributed by atoms with Crippen molar-refractivity contribution >= 4 is 11.8 Å². The maximum absolute atomic E-state index is 12.6. The van der Waals surface area contributed by atoms with Gasteiger partial charge >= 0.3 is 0 Å². The van der Waals surface area contributed by atoms with E-state index in [0.717, 1.165) is 44.1 Å². The number of rotatable bonds is 3. The molecule has 1 saturated carbocycles. The Morgan fingerprint density at radius 1 is 1.08 bits per heavy atom. The number of phenols is 1. The molecule has 1 aromatic rings. The highest BCUT2D eigenvalue weighted by molar-refractivity contribution is 5.97. The quantitative estimate of drug-likeness (QED) is 0.885. The Labute approximate surface area is 149 Å². The minimum Gasteiger partial charge on any atom is -0.507 e. The smallest absolute Gasteiger partial charge is 0.257 e. The maximum Gasteiger partial charge on any atom is 0.257 e. The molecular weight excluding hydrogens is 316 g/mol. The largest absolute Gasteiger partial charge is 0.507 e. The molecule has 2 N–H and O–H groups in total. The molecule has 1 aliphatic heterocycles. The number of aryl methyl sites for hydroxylation is 1. The zero-order valence-corrected chi connectivity index (χ0v) is 15.0. The highest BCUT2D eigenvalue weighted by Crippen LogP contribution is 2.25. The summed E-state index contributed by atoms with van der Waals surface area (Å²) in [4.78, 5) is 26.8. The number of amides is 2. The summed E-state index contributed by atoms with van der Waals surface area (Å²) in [6.45, 7) is 3.13. The average molecular weight is 344 g/mol. The van der Waals surface area contributed by atoms with Gasteiger partial charge in [0.25, 0.3) is 5.91 Å². The van der Waals surface area contributed by atoms with Gasteiger partial charge in [-0.05, 0) is 44.7 Å². The fourth-order valence-electron chi connectivity index (χ4n) is 3.90. The van der Waals surface area contributed by atoms with Crippen LogP contribution in [0.1, 0.15) is 60.9 Å². The molecule has 0 aromatic heterocycles. The number of carbonyl (C=O) groups excluding carboxylic acids is 2. The van der Waals surface area contributed by atoms with E-state index in [9.17, 15) is 14.7 Å². The van der Waals surface area contributed by atoms with Gasteiger partial charge in [0.1, 0.15) is 5.75 Å². The molecule has 25 heavy (non-hydrogen) atoms. The van der Waals surface area contributed by atoms with Gasteiger partial charge in [-0.3, -0.25) is 9.59 Å². The molecule has 5 heteroatoms. The van der Waals surface area contributed by atoms with Gasteiger partial charge in [-0.15, -0.1) is 0 Å². The van der Waals surface area contributed by atoms with Crippen molar-refractivity contribution in [1.82, 2.24) is 10.2 Å². The van der Waals surface area contributed by atoms with Gasteiger partial charge in [0.2, 0.25) is 5.91 Å². The summed E-state index contributed by atoms with van der Waals surface area (Å²) in [7, 11) is 0. The molecule has 2 fully saturated rings. The fraction of sp³-hybridized carbons (Fsp3) is 0.600. The van der Waals surface area contributed by atoms with Crippen molar-refractivity contribution in [3.05, 3.63) is 29.3 Å². The minimum atomic E-state index is -0.127. The SMILES string of the molecule is Cc1ccc(O)c(C(=O)N2CCC(NC(=O)C3CCCCC3)CC2)c1. The summed E-state index contributed by atoms with van der Waals surface area (Å²) >= 11 is 0. The van der Waals surface area contributed by atoms with Crippen molar-refractivity contribution in [1.29, 1.82) is 0 Å². The predicted octanol–water partition coefficient (Wildman–Crippen LogP) is 3.00. The fourth-order valence-corrected chi connectivity index (χ4v) is 3.90. The van der Waals surface area contributed by atoms with E-state index in [1.54, 1.807) is 23.1 Å². The van der Waals surface area contributed by atoms with Crippen LogP contribution in [0.2, 0.25) is 0 Å². The molecule has 2 aliphatic rings. The Kier molecular flexibility index (Phi) is 5.61. The number of piperidine rings is 1. The topological polar surface area (TPSA) is 69.6 Å². The van der Waals surface area contributed by atoms with E-state index in [2.05, 4.69) is 5.32 Å². The van der Waals surface area contributed by atoms with Crippen LogP contribution in [0.3, 0.4) is 0 Å². The monoisotopic (exact) mass is 344 g/mol. The highest BCUT2D eigenvalue weighted by Gasteiger charge is 2.28. The van der Waals surface area contributed by atoms with Gasteiger partial charge in [0.05, 0.1) is 5.56 Å². The molecule has 136 valence electrons. The van der Waals surface area contributed by atoms with E-state index in [0.29, 0.717) is 18.7 Å². The Balaban J connectivity index is 1.52. The lowest BCUT2D eigenvalue weighted by molar-refractivity contribution is -0.126. The normalized spacial score (nSPS) is 19.6. The first-order valence-corrected chi connectivity index (χ1v) is 9.44. The van der Waals surface area contributed by atoms with Gasteiger partial charge in [0, 0.05) is 25.0 Å². The number of benzene rings is 1. The number of carbonyl (C=O) groups is 2. The Morgan fingerprint density at radius 2 is 1.76 bits per heavy atom. The standard InChI is InChI=1S/C20H28N2O3/c1-14-7-8-18(23)17(13-14)20(25)22-11-9-16(10-12-22)21-19(24)15-5-3-2-4-6-15/h7-8,13,15-16,23H,2-6,9-12H2,1H3,(H,21,24). The third kappa shape index (κ3) is 4.33. The summed E-state index contributed by atoms with van der Waals surface area (Å²) < 4.78 is 0. The van der Waals surface area contributed by atoms with Gasteiger partial charge in [-0.2, -0.15) is 0 Å². The highest BCUT2D eigenvalue weighted by atomic mass is 16.3. The third-order valence-corrected chi connectivity index (χ3v) is 5.49. The first kappa shape index (κ1) is 17.8. The van der Waals surface area contributed by atoms with Crippen LogP contribution in [-0.2, 0) is 4.79 Å². The number of likely N-dealkylation sites (tertiary alicyclic amines) is 1. The molecule has 1 saturated heterocycles. The minimum absolute atomic E-state index is 0.0309. The molecule has 1 heterocycles. The van der Waals surface area contributed by atoms with Crippen molar-refractivity contribution in [2.24, 2.45) is 5.92 Å². The third-order valence-electron chi connectivity index (χ3n) is 5.49. The van der Waals surface area contributed by atoms with E-state index in [4.69, 9.17) is 0 Å². The van der Waals surface area contributed by atoms with Crippen molar-refractivity contribution < 1.29 is 14.7 Å². The summed E-state index contributed by atoms with van der Waals surface area (Å²) in [5.74, 6) is 0.278. The summed E-state index contributed by atoms with van der Waals surface area (Å²) in [6, 6.07) is 5.25. The zero-order valence-electron chi connectivity index (χ0n) is 15.0. The van der Waals surface area contributed by atoms with Crippen LogP contribution in [0.25, 0.3) is 0 Å². The Bertz CT molecular complexity index is 630. The molecule has 1 aliphatic carbocycles. The van der Waals surface area contributed by atoms with Crippen LogP contribution in [0.5, 0.6) is 5.75 Å². The van der Waals surface area contributed by atoms with Crippen molar-refractivity contribution in [3.8, 4) is 5.75 Å². The maximum atomic E-state index is 12.6. The van der Waals surface area contributed by atoms with Crippen molar-refractivity contribution in [3.63, 3.8) is 0 Å². The second-order valence-corrected chi connectivity index (χ2v) is 7.43. The lowest BCUT2D eigenvalue weighted by atomic mass is 9.88. The zero-order chi connectivity index (χ0) is 17.8. The Morgan fingerprint density at radius 3 is 2.44 bits per heavy atom. The summed E-state index contributed by atoms with van der Waals surface area (Å²) in [5.41, 5.74) is 1.32. The van der Waals surface area contributed by atoms with Crippen molar-refractivity contribution in [2.75, 3.05) is 13.1 Å². The van der Waals surface area contributed by atoms with Gasteiger partial charge < -0.3 is 15.3 Å². The van der Waals surface area contributed by atoms with Gasteiger partial charge in [-0.25, -0.2) is 0 Å². The second-order valence-electron chi connectivity index (χ2n) is 7.43. The van der Waals surface area contributed by atoms with E-state index >= 15 is 0 Å². The second kappa shape index (κ2) is 7.89. The lowest BCUT2D eigenvalue weighted by Crippen LogP contribution is -2.48. The molecule has 5 nitrogen and oxygen atoms in total. The van der Waals surface area contributed by atoms with Crippen LogP contribution < -0.4 is 5.32 Å². The van der Waals surface area contributed by atoms with E-state index in [1.165, 1.54) is 6.42 Å². The molecule has 0 bridgehead atoms. The van der Waals surface area contributed by atoms with Crippen LogP contribution in [-0.4, -0.2) is 41.0 Å². The van der Waals surface area contributed by atoms with E-state index < -0.39 is 0 Å². The van der Waals surface area contributed by atoms with Gasteiger partial charge in [-0.1, -0.05) is 30.9 Å². The molecule has 3 rings (SSSR count). The summed E-state index contributed by atoms with van der Waals surface area (Å²) in [5, 5.41) is 13.1. The van der Waals surface area contributed by atoms with Crippen LogP contribution in [0.4, 0.5) is 0 Å². The van der Waals surface area contributed by atoms with E-state index in [1.807, 2.05) is 6.92 Å². The molecule has 2 amide bonds. The number of nitrogens with one attached hydrogen (secondary N) is 1. The molecule has 1 aromatic carbocycles. The first-order valence-electron chi connectivity index (χ1n) is 9.44. The van der Waals surface area contributed by atoms with Crippen LogP contribution >= 0.6 is 0 Å². The lowest BCUT2D eigenvalue weighted by Gasteiger charge is -2.33. The van der Waals surface area contributed by atoms with Crippen LogP contribution in [0.15, 0.2) is 18.2 Å². The number of hydrogen-bond acceptors (Lipinski definition) is 3. The first-order chi connectivity index (χ1) is 12.0. The molecule has 0 atom stereocenters. The predicted molar refractivity (Wildman–Crippen MR) is 96.5 cm³/mol. The average Bonchev–Trinajstić information content (AvgIpc) is 2.64. The van der Waals surface area contributed by atoms with Crippen LogP contribution in [0, 0.1) is 12.8 Å². The summed E-state index contributed by atoms with van der Waals surface area (Å²) in [6.07, 6.45) is 7.13. The Hall–Kier alpha value is -2.04. The van der Waals surface area contributed by atoms with Gasteiger partial charge in [0.15, 0.2) is 0 Å².